The van der Waals surface area contributed by atoms with Gasteiger partial charge in [0.2, 0.25) is 5.91 Å². The monoisotopic (exact) mass is 309 g/mol. The van der Waals surface area contributed by atoms with E-state index in [1.165, 1.54) is 12.8 Å². The van der Waals surface area contributed by atoms with Crippen LogP contribution in [0.4, 0.5) is 0 Å². The van der Waals surface area contributed by atoms with E-state index in [-0.39, 0.29) is 11.8 Å². The van der Waals surface area contributed by atoms with Crippen LogP contribution in [0.25, 0.3) is 0 Å². The predicted octanol–water partition coefficient (Wildman–Crippen LogP) is 3.89. The number of rotatable bonds is 3. The number of hydrogen-bond acceptors (Lipinski definition) is 1. The Morgan fingerprint density at radius 3 is 2.72 bits per heavy atom. The van der Waals surface area contributed by atoms with Crippen molar-refractivity contribution in [1.82, 2.24) is 5.32 Å². The topological polar surface area (TPSA) is 29.1 Å². The minimum atomic E-state index is 0.224. The molecule has 1 aliphatic carbocycles. The molecule has 1 aromatic carbocycles. The highest BCUT2D eigenvalue weighted by atomic mass is 79.9. The van der Waals surface area contributed by atoms with Gasteiger partial charge in [-0.1, -0.05) is 35.0 Å². The molecule has 3 heteroatoms. The van der Waals surface area contributed by atoms with Crippen molar-refractivity contribution in [2.75, 3.05) is 0 Å². The van der Waals surface area contributed by atoms with Gasteiger partial charge in [0.05, 0.1) is 0 Å². The van der Waals surface area contributed by atoms with Crippen molar-refractivity contribution >= 4 is 21.8 Å². The van der Waals surface area contributed by atoms with E-state index in [9.17, 15) is 4.79 Å². The van der Waals surface area contributed by atoms with Crippen LogP contribution in [0.3, 0.4) is 0 Å². The summed E-state index contributed by atoms with van der Waals surface area (Å²) in [5.74, 6) is 1.24. The van der Waals surface area contributed by atoms with E-state index in [1.807, 2.05) is 24.3 Å². The Labute approximate surface area is 117 Å². The molecule has 98 valence electrons. The van der Waals surface area contributed by atoms with Gasteiger partial charge in [-0.3, -0.25) is 4.79 Å². The van der Waals surface area contributed by atoms with Crippen LogP contribution in [-0.2, 0) is 11.3 Å². The minimum Gasteiger partial charge on any atom is -0.352 e. The summed E-state index contributed by atoms with van der Waals surface area (Å²) in [6.07, 6.45) is 4.47. The van der Waals surface area contributed by atoms with Crippen molar-refractivity contribution in [3.05, 3.63) is 34.3 Å². The molecule has 0 bridgehead atoms. The van der Waals surface area contributed by atoms with Crippen molar-refractivity contribution in [3.63, 3.8) is 0 Å². The first-order valence-electron chi connectivity index (χ1n) is 6.67. The van der Waals surface area contributed by atoms with Gasteiger partial charge in [-0.25, -0.2) is 0 Å². The Bertz CT molecular complexity index is 411. The molecule has 2 nitrogen and oxygen atoms in total. The van der Waals surface area contributed by atoms with Crippen LogP contribution in [0, 0.1) is 11.8 Å². The second-order valence-corrected chi connectivity index (χ2v) is 6.22. The smallest absolute Gasteiger partial charge is 0.223 e. The van der Waals surface area contributed by atoms with E-state index in [2.05, 4.69) is 28.2 Å². The third kappa shape index (κ3) is 3.84. The zero-order valence-corrected chi connectivity index (χ0v) is 12.4. The third-order valence-electron chi connectivity index (χ3n) is 3.74. The summed E-state index contributed by atoms with van der Waals surface area (Å²) in [6, 6.07) is 8.07. The molecule has 0 heterocycles. The standard InChI is InChI=1S/C15H20BrNO/c1-11-5-7-13(8-6-11)15(18)17-10-12-3-2-4-14(16)9-12/h2-4,9,11,13H,5-8,10H2,1H3,(H,17,18). The number of hydrogen-bond donors (Lipinski definition) is 1. The summed E-state index contributed by atoms with van der Waals surface area (Å²) in [5, 5.41) is 3.05. The van der Waals surface area contributed by atoms with Gasteiger partial charge >= 0.3 is 0 Å². The summed E-state index contributed by atoms with van der Waals surface area (Å²) >= 11 is 3.44. The lowest BCUT2D eigenvalue weighted by molar-refractivity contribution is -0.126. The number of carbonyl (C=O) groups excluding carboxylic acids is 1. The highest BCUT2D eigenvalue weighted by Crippen LogP contribution is 2.28. The number of carbonyl (C=O) groups is 1. The molecular weight excluding hydrogens is 290 g/mol. The highest BCUT2D eigenvalue weighted by Gasteiger charge is 2.23. The normalized spacial score (nSPS) is 23.7. The van der Waals surface area contributed by atoms with Crippen LogP contribution in [0.5, 0.6) is 0 Å². The lowest BCUT2D eigenvalue weighted by Crippen LogP contribution is -2.32. The van der Waals surface area contributed by atoms with E-state index < -0.39 is 0 Å². The lowest BCUT2D eigenvalue weighted by atomic mass is 9.82. The Kier molecular flexibility index (Phi) is 4.81. The molecule has 1 aromatic rings. The van der Waals surface area contributed by atoms with Gasteiger partial charge in [-0.05, 0) is 49.3 Å². The summed E-state index contributed by atoms with van der Waals surface area (Å²) in [7, 11) is 0. The Morgan fingerprint density at radius 2 is 2.06 bits per heavy atom. The first-order valence-corrected chi connectivity index (χ1v) is 7.46. The first-order chi connectivity index (χ1) is 8.65. The largest absolute Gasteiger partial charge is 0.352 e. The predicted molar refractivity (Wildman–Crippen MR) is 77.1 cm³/mol. The maximum atomic E-state index is 12.0. The number of nitrogens with one attached hydrogen (secondary N) is 1. The fourth-order valence-electron chi connectivity index (χ4n) is 2.50. The van der Waals surface area contributed by atoms with Crippen LogP contribution >= 0.6 is 15.9 Å². The van der Waals surface area contributed by atoms with Crippen LogP contribution in [0.1, 0.15) is 38.2 Å². The zero-order valence-electron chi connectivity index (χ0n) is 10.8. The van der Waals surface area contributed by atoms with Crippen molar-refractivity contribution in [2.45, 2.75) is 39.2 Å². The van der Waals surface area contributed by atoms with E-state index in [1.54, 1.807) is 0 Å². The molecule has 0 radical (unpaired) electrons. The second-order valence-electron chi connectivity index (χ2n) is 5.30. The molecule has 0 atom stereocenters. The molecule has 1 saturated carbocycles. The molecule has 0 aromatic heterocycles. The van der Waals surface area contributed by atoms with E-state index in [0.717, 1.165) is 28.8 Å². The van der Waals surface area contributed by atoms with Crippen molar-refractivity contribution in [1.29, 1.82) is 0 Å². The van der Waals surface area contributed by atoms with Gasteiger partial charge in [0.25, 0.3) is 0 Å². The fourth-order valence-corrected chi connectivity index (χ4v) is 2.95. The molecule has 2 rings (SSSR count). The van der Waals surface area contributed by atoms with Gasteiger partial charge < -0.3 is 5.32 Å². The molecule has 0 saturated heterocycles. The van der Waals surface area contributed by atoms with Crippen LogP contribution < -0.4 is 5.32 Å². The fraction of sp³-hybridized carbons (Fsp3) is 0.533. The molecule has 1 fully saturated rings. The lowest BCUT2D eigenvalue weighted by Gasteiger charge is -2.25. The van der Waals surface area contributed by atoms with Gasteiger partial charge in [-0.2, -0.15) is 0 Å². The summed E-state index contributed by atoms with van der Waals surface area (Å²) < 4.78 is 1.06. The Balaban J connectivity index is 1.81. The van der Waals surface area contributed by atoms with Gasteiger partial charge in [-0.15, -0.1) is 0 Å². The maximum absolute atomic E-state index is 12.0. The minimum absolute atomic E-state index is 0.224. The van der Waals surface area contributed by atoms with Gasteiger partial charge in [0.15, 0.2) is 0 Å². The van der Waals surface area contributed by atoms with E-state index in [0.29, 0.717) is 6.54 Å². The SMILES string of the molecule is CC1CCC(C(=O)NCc2cccc(Br)c2)CC1. The highest BCUT2D eigenvalue weighted by molar-refractivity contribution is 9.10. The van der Waals surface area contributed by atoms with Crippen molar-refractivity contribution < 1.29 is 4.79 Å². The van der Waals surface area contributed by atoms with Gasteiger partial charge in [0, 0.05) is 16.9 Å². The Hall–Kier alpha value is -0.830. The molecule has 1 amide bonds. The number of benzene rings is 1. The van der Waals surface area contributed by atoms with Crippen molar-refractivity contribution in [2.24, 2.45) is 11.8 Å². The van der Waals surface area contributed by atoms with Crippen LogP contribution in [-0.4, -0.2) is 5.91 Å². The van der Waals surface area contributed by atoms with E-state index in [4.69, 9.17) is 0 Å². The van der Waals surface area contributed by atoms with Gasteiger partial charge in [0.1, 0.15) is 0 Å². The Morgan fingerprint density at radius 1 is 1.33 bits per heavy atom. The zero-order chi connectivity index (χ0) is 13.0. The average Bonchev–Trinajstić information content (AvgIpc) is 2.37. The molecule has 0 aliphatic heterocycles. The first kappa shape index (κ1) is 13.6. The van der Waals surface area contributed by atoms with Crippen LogP contribution in [0.2, 0.25) is 0 Å². The second kappa shape index (κ2) is 6.37. The summed E-state index contributed by atoms with van der Waals surface area (Å²) in [4.78, 5) is 12.0. The third-order valence-corrected chi connectivity index (χ3v) is 4.24. The molecule has 1 aliphatic rings. The van der Waals surface area contributed by atoms with E-state index >= 15 is 0 Å². The van der Waals surface area contributed by atoms with Crippen molar-refractivity contribution in [3.8, 4) is 0 Å². The molecule has 18 heavy (non-hydrogen) atoms. The number of halogens is 1. The maximum Gasteiger partial charge on any atom is 0.223 e. The molecule has 0 unspecified atom stereocenters. The molecular formula is C15H20BrNO. The summed E-state index contributed by atoms with van der Waals surface area (Å²) in [6.45, 7) is 2.90. The quantitative estimate of drug-likeness (QED) is 0.901. The molecule has 1 N–H and O–H groups in total. The average molecular weight is 310 g/mol. The van der Waals surface area contributed by atoms with Crippen LogP contribution in [0.15, 0.2) is 28.7 Å². The number of amides is 1. The molecule has 0 spiro atoms. The summed E-state index contributed by atoms with van der Waals surface area (Å²) in [5.41, 5.74) is 1.14.